The molecule has 0 aliphatic carbocycles. The number of piperidine rings is 1. The van der Waals surface area contributed by atoms with Crippen molar-refractivity contribution in [3.05, 3.63) is 54.0 Å². The number of rotatable bonds is 3. The number of benzene rings is 1. The Balaban J connectivity index is 1.35. The van der Waals surface area contributed by atoms with E-state index in [0.29, 0.717) is 24.6 Å². The summed E-state index contributed by atoms with van der Waals surface area (Å²) in [5.41, 5.74) is 1.64. The minimum atomic E-state index is -0.229. The second kappa shape index (κ2) is 8.17. The minimum Gasteiger partial charge on any atom is -0.368 e. The molecule has 0 bridgehead atoms. The molecule has 0 spiro atoms. The number of anilines is 2. The zero-order valence-electron chi connectivity index (χ0n) is 16.4. The minimum absolute atomic E-state index is 0.0322. The molecule has 6 heteroatoms. The summed E-state index contributed by atoms with van der Waals surface area (Å²) < 4.78 is 13.1. The molecule has 1 unspecified atom stereocenters. The fraction of sp³-hybridized carbons (Fsp3) is 0.455. The maximum atomic E-state index is 13.1. The van der Waals surface area contributed by atoms with Crippen LogP contribution in [0.3, 0.4) is 0 Å². The molecule has 2 aliphatic rings. The number of hydrogen-bond acceptors (Lipinski definition) is 4. The van der Waals surface area contributed by atoms with E-state index in [1.165, 1.54) is 25.0 Å². The number of piperazine rings is 1. The molecule has 1 atom stereocenters. The fourth-order valence-electron chi connectivity index (χ4n) is 4.10. The van der Waals surface area contributed by atoms with Crippen LogP contribution in [0, 0.1) is 11.7 Å². The highest BCUT2D eigenvalue weighted by Crippen LogP contribution is 2.22. The van der Waals surface area contributed by atoms with Crippen LogP contribution in [0.4, 0.5) is 15.9 Å². The molecule has 2 aromatic rings. The van der Waals surface area contributed by atoms with Crippen molar-refractivity contribution in [3.8, 4) is 0 Å². The lowest BCUT2D eigenvalue weighted by Crippen LogP contribution is -2.48. The number of amides is 1. The van der Waals surface area contributed by atoms with Gasteiger partial charge in [-0.05, 0) is 55.2 Å². The first-order chi connectivity index (χ1) is 13.6. The largest absolute Gasteiger partial charge is 0.368 e. The number of carbonyl (C=O) groups is 1. The lowest BCUT2D eigenvalue weighted by molar-refractivity contribution is 0.0746. The van der Waals surface area contributed by atoms with Gasteiger partial charge in [0.15, 0.2) is 0 Å². The highest BCUT2D eigenvalue weighted by atomic mass is 19.1. The summed E-state index contributed by atoms with van der Waals surface area (Å²) in [5.74, 6) is 1.45. The molecule has 1 aromatic carbocycles. The van der Waals surface area contributed by atoms with Gasteiger partial charge in [0.25, 0.3) is 5.91 Å². The summed E-state index contributed by atoms with van der Waals surface area (Å²) in [6, 6.07) is 10.4. The molecule has 1 amide bonds. The van der Waals surface area contributed by atoms with E-state index >= 15 is 0 Å². The van der Waals surface area contributed by atoms with Crippen molar-refractivity contribution in [1.29, 1.82) is 0 Å². The lowest BCUT2D eigenvalue weighted by atomic mass is 10.0. The first kappa shape index (κ1) is 18.7. The Morgan fingerprint density at radius 3 is 2.39 bits per heavy atom. The van der Waals surface area contributed by atoms with Gasteiger partial charge in [-0.2, -0.15) is 0 Å². The van der Waals surface area contributed by atoms with Gasteiger partial charge in [-0.3, -0.25) is 4.79 Å². The van der Waals surface area contributed by atoms with Gasteiger partial charge in [-0.25, -0.2) is 9.37 Å². The quantitative estimate of drug-likeness (QED) is 0.816. The number of halogens is 1. The van der Waals surface area contributed by atoms with Crippen LogP contribution in [0.2, 0.25) is 0 Å². The molecule has 2 aliphatic heterocycles. The van der Waals surface area contributed by atoms with Gasteiger partial charge in [0, 0.05) is 51.2 Å². The van der Waals surface area contributed by atoms with E-state index in [0.717, 1.165) is 37.7 Å². The first-order valence-corrected chi connectivity index (χ1v) is 10.1. The van der Waals surface area contributed by atoms with Crippen molar-refractivity contribution in [2.24, 2.45) is 5.92 Å². The molecule has 0 radical (unpaired) electrons. The Morgan fingerprint density at radius 1 is 1.00 bits per heavy atom. The molecular weight excluding hydrogens is 355 g/mol. The zero-order chi connectivity index (χ0) is 19.5. The summed E-state index contributed by atoms with van der Waals surface area (Å²) in [6.45, 7) is 7.14. The van der Waals surface area contributed by atoms with E-state index in [-0.39, 0.29) is 11.7 Å². The number of hydrogen-bond donors (Lipinski definition) is 0. The Labute approximate surface area is 165 Å². The van der Waals surface area contributed by atoms with E-state index in [4.69, 9.17) is 0 Å². The monoisotopic (exact) mass is 382 g/mol. The van der Waals surface area contributed by atoms with Crippen molar-refractivity contribution in [1.82, 2.24) is 9.88 Å². The van der Waals surface area contributed by atoms with Crippen LogP contribution in [0.25, 0.3) is 0 Å². The van der Waals surface area contributed by atoms with Crippen LogP contribution >= 0.6 is 0 Å². The Kier molecular flexibility index (Phi) is 5.46. The van der Waals surface area contributed by atoms with E-state index in [1.807, 2.05) is 17.0 Å². The van der Waals surface area contributed by atoms with Gasteiger partial charge in [-0.1, -0.05) is 6.92 Å². The summed E-state index contributed by atoms with van der Waals surface area (Å²) in [6.07, 6.45) is 4.18. The van der Waals surface area contributed by atoms with E-state index in [9.17, 15) is 9.18 Å². The molecule has 28 heavy (non-hydrogen) atoms. The molecule has 3 heterocycles. The van der Waals surface area contributed by atoms with Crippen LogP contribution in [-0.4, -0.2) is 55.1 Å². The van der Waals surface area contributed by atoms with Crippen molar-refractivity contribution in [2.75, 3.05) is 49.1 Å². The summed E-state index contributed by atoms with van der Waals surface area (Å²) >= 11 is 0. The number of pyridine rings is 1. The Morgan fingerprint density at radius 2 is 1.75 bits per heavy atom. The van der Waals surface area contributed by atoms with Gasteiger partial charge >= 0.3 is 0 Å². The average Bonchev–Trinajstić information content (AvgIpc) is 2.74. The van der Waals surface area contributed by atoms with Crippen LogP contribution in [0.5, 0.6) is 0 Å². The van der Waals surface area contributed by atoms with Gasteiger partial charge in [0.1, 0.15) is 11.6 Å². The van der Waals surface area contributed by atoms with Gasteiger partial charge in [-0.15, -0.1) is 0 Å². The molecule has 148 valence electrons. The first-order valence-electron chi connectivity index (χ1n) is 10.1. The summed E-state index contributed by atoms with van der Waals surface area (Å²) in [4.78, 5) is 23.8. The van der Waals surface area contributed by atoms with E-state index in [2.05, 4.69) is 21.7 Å². The Hall–Kier alpha value is -2.63. The average molecular weight is 382 g/mol. The fourth-order valence-corrected chi connectivity index (χ4v) is 4.10. The third-order valence-corrected chi connectivity index (χ3v) is 5.73. The number of carbonyl (C=O) groups excluding carboxylic acids is 1. The topological polar surface area (TPSA) is 39.7 Å². The predicted octanol–water partition coefficient (Wildman–Crippen LogP) is 3.42. The number of aromatic nitrogens is 1. The van der Waals surface area contributed by atoms with Gasteiger partial charge in [0.2, 0.25) is 0 Å². The number of nitrogens with zero attached hydrogens (tertiary/aromatic N) is 4. The third kappa shape index (κ3) is 4.11. The summed E-state index contributed by atoms with van der Waals surface area (Å²) in [7, 11) is 0. The van der Waals surface area contributed by atoms with Crippen LogP contribution in [-0.2, 0) is 0 Å². The standard InChI is InChI=1S/C22H27FN4O/c1-17-3-2-10-27(16-17)21-9-4-18(15-24-21)22(28)26-13-11-25(12-14-26)20-7-5-19(23)6-8-20/h4-9,15,17H,2-3,10-14,16H2,1H3. The molecule has 2 saturated heterocycles. The van der Waals surface area contributed by atoms with E-state index < -0.39 is 0 Å². The van der Waals surface area contributed by atoms with Crippen LogP contribution < -0.4 is 9.80 Å². The Bertz CT molecular complexity index is 800. The van der Waals surface area contributed by atoms with Crippen LogP contribution in [0.15, 0.2) is 42.6 Å². The smallest absolute Gasteiger partial charge is 0.255 e. The molecule has 1 aromatic heterocycles. The van der Waals surface area contributed by atoms with E-state index in [1.54, 1.807) is 18.3 Å². The van der Waals surface area contributed by atoms with Crippen molar-refractivity contribution in [3.63, 3.8) is 0 Å². The van der Waals surface area contributed by atoms with Crippen LogP contribution in [0.1, 0.15) is 30.1 Å². The molecular formula is C22H27FN4O. The zero-order valence-corrected chi connectivity index (χ0v) is 16.4. The van der Waals surface area contributed by atoms with Crippen molar-refractivity contribution >= 4 is 17.4 Å². The van der Waals surface area contributed by atoms with Gasteiger partial charge in [0.05, 0.1) is 5.56 Å². The summed E-state index contributed by atoms with van der Waals surface area (Å²) in [5, 5.41) is 0. The highest BCUT2D eigenvalue weighted by Gasteiger charge is 2.23. The lowest BCUT2D eigenvalue weighted by Gasteiger charge is -2.36. The van der Waals surface area contributed by atoms with Crippen molar-refractivity contribution in [2.45, 2.75) is 19.8 Å². The second-order valence-electron chi connectivity index (χ2n) is 7.85. The normalized spacial score (nSPS) is 20.4. The van der Waals surface area contributed by atoms with Crippen molar-refractivity contribution < 1.29 is 9.18 Å². The van der Waals surface area contributed by atoms with Gasteiger partial charge < -0.3 is 14.7 Å². The maximum Gasteiger partial charge on any atom is 0.255 e. The predicted molar refractivity (Wildman–Crippen MR) is 109 cm³/mol. The molecule has 0 N–H and O–H groups in total. The molecule has 4 rings (SSSR count). The molecule has 2 fully saturated rings. The highest BCUT2D eigenvalue weighted by molar-refractivity contribution is 5.94. The second-order valence-corrected chi connectivity index (χ2v) is 7.85. The molecule has 5 nitrogen and oxygen atoms in total. The SMILES string of the molecule is CC1CCCN(c2ccc(C(=O)N3CCN(c4ccc(F)cc4)CC3)cn2)C1. The molecule has 0 saturated carbocycles. The third-order valence-electron chi connectivity index (χ3n) is 5.73. The maximum absolute atomic E-state index is 13.1.